The molecule has 1 aromatic heterocycles. The van der Waals surface area contributed by atoms with Crippen molar-refractivity contribution in [3.05, 3.63) is 33.5 Å². The minimum Gasteiger partial charge on any atom is -0.384 e. The number of aromatic nitrogens is 1. The van der Waals surface area contributed by atoms with E-state index in [9.17, 15) is 0 Å². The first-order valence-corrected chi connectivity index (χ1v) is 7.70. The second-order valence-electron chi connectivity index (χ2n) is 4.96. The first kappa shape index (κ1) is 12.2. The second kappa shape index (κ2) is 5.03. The van der Waals surface area contributed by atoms with Gasteiger partial charge in [0.1, 0.15) is 0 Å². The zero-order chi connectivity index (χ0) is 12.5. The smallest absolute Gasteiger partial charge is 0.0726 e. The molecule has 1 aromatic carbocycles. The Hall–Kier alpha value is -0.840. The lowest BCUT2D eigenvalue weighted by molar-refractivity contribution is 0.976. The van der Waals surface area contributed by atoms with E-state index in [0.717, 1.165) is 18.5 Å². The van der Waals surface area contributed by atoms with Gasteiger partial charge in [-0.2, -0.15) is 0 Å². The van der Waals surface area contributed by atoms with Crippen LogP contribution in [0.1, 0.15) is 37.8 Å². The van der Waals surface area contributed by atoms with Crippen LogP contribution in [-0.2, 0) is 0 Å². The number of hydrogen-bond acceptors (Lipinski definition) is 2. The number of rotatable bonds is 4. The minimum atomic E-state index is 0.704. The first-order valence-electron chi connectivity index (χ1n) is 6.62. The molecule has 1 saturated carbocycles. The number of anilines is 1. The summed E-state index contributed by atoms with van der Waals surface area (Å²) in [5, 5.41) is 4.79. The Morgan fingerprint density at radius 2 is 2.17 bits per heavy atom. The second-order valence-corrected chi connectivity index (χ2v) is 6.20. The summed E-state index contributed by atoms with van der Waals surface area (Å²) in [5.41, 5.74) is 3.64. The van der Waals surface area contributed by atoms with E-state index in [-0.39, 0.29) is 0 Å². The van der Waals surface area contributed by atoms with Gasteiger partial charge in [0, 0.05) is 32.8 Å². The van der Waals surface area contributed by atoms with Crippen LogP contribution in [-0.4, -0.2) is 11.5 Å². The van der Waals surface area contributed by atoms with Gasteiger partial charge in [-0.1, -0.05) is 6.92 Å². The predicted octanol–water partition coefficient (Wildman–Crippen LogP) is 4.54. The number of nitrogens with one attached hydrogen (secondary N) is 1. The Kier molecular flexibility index (Phi) is 3.41. The molecule has 0 spiro atoms. The molecule has 94 valence electrons. The van der Waals surface area contributed by atoms with Gasteiger partial charge < -0.3 is 5.32 Å². The van der Waals surface area contributed by atoms with Crippen molar-refractivity contribution in [1.82, 2.24) is 4.98 Å². The summed E-state index contributed by atoms with van der Waals surface area (Å²) in [6.45, 7) is 3.22. The Balaban J connectivity index is 2.11. The Labute approximate surface area is 121 Å². The van der Waals surface area contributed by atoms with Crippen molar-refractivity contribution < 1.29 is 0 Å². The number of fused-ring (bicyclic) bond motifs is 1. The fourth-order valence-electron chi connectivity index (χ4n) is 2.21. The molecule has 2 aromatic rings. The zero-order valence-corrected chi connectivity index (χ0v) is 12.7. The van der Waals surface area contributed by atoms with Gasteiger partial charge in [0.25, 0.3) is 0 Å². The number of nitrogens with zero attached hydrogens (tertiary/aromatic N) is 1. The maximum Gasteiger partial charge on any atom is 0.0726 e. The van der Waals surface area contributed by atoms with Gasteiger partial charge in [0.05, 0.1) is 5.52 Å². The molecule has 0 bridgehead atoms. The van der Waals surface area contributed by atoms with E-state index in [1.807, 2.05) is 0 Å². The monoisotopic (exact) mass is 352 g/mol. The Morgan fingerprint density at radius 3 is 2.89 bits per heavy atom. The van der Waals surface area contributed by atoms with E-state index >= 15 is 0 Å². The third kappa shape index (κ3) is 2.46. The van der Waals surface area contributed by atoms with Gasteiger partial charge >= 0.3 is 0 Å². The molecule has 0 atom stereocenters. The fourth-order valence-corrected chi connectivity index (χ4v) is 2.70. The summed E-state index contributed by atoms with van der Waals surface area (Å²) in [7, 11) is 0. The van der Waals surface area contributed by atoms with Crippen LogP contribution in [0, 0.1) is 3.57 Å². The average Bonchev–Trinajstić information content (AvgIpc) is 3.20. The first-order chi connectivity index (χ1) is 8.78. The van der Waals surface area contributed by atoms with Crippen molar-refractivity contribution >= 4 is 39.2 Å². The minimum absolute atomic E-state index is 0.704. The number of hydrogen-bond donors (Lipinski definition) is 1. The van der Waals surface area contributed by atoms with Crippen LogP contribution in [0.2, 0.25) is 0 Å². The van der Waals surface area contributed by atoms with Gasteiger partial charge in [-0.15, -0.1) is 0 Å². The molecule has 1 N–H and O–H groups in total. The lowest BCUT2D eigenvalue weighted by atomic mass is 10.1. The van der Waals surface area contributed by atoms with Crippen LogP contribution in [0.3, 0.4) is 0 Å². The van der Waals surface area contributed by atoms with Crippen LogP contribution >= 0.6 is 22.6 Å². The summed E-state index contributed by atoms with van der Waals surface area (Å²) in [6, 6.07) is 8.75. The molecule has 1 aliphatic rings. The normalized spacial score (nSPS) is 15.0. The molecule has 3 rings (SSSR count). The molecule has 0 unspecified atom stereocenters. The van der Waals surface area contributed by atoms with Crippen LogP contribution in [0.4, 0.5) is 5.69 Å². The Bertz CT molecular complexity index is 576. The predicted molar refractivity (Wildman–Crippen MR) is 85.2 cm³/mol. The molecule has 0 aliphatic heterocycles. The van der Waals surface area contributed by atoms with E-state index < -0.39 is 0 Å². The standard InChI is InChI=1S/C15H17IN2/c1-2-7-17-15-9-14(10-3-4-10)18-13-6-5-11(16)8-12(13)15/h5-6,8-10H,2-4,7H2,1H3,(H,17,18). The van der Waals surface area contributed by atoms with E-state index in [4.69, 9.17) is 4.98 Å². The van der Waals surface area contributed by atoms with E-state index in [0.29, 0.717) is 5.92 Å². The highest BCUT2D eigenvalue weighted by molar-refractivity contribution is 14.1. The molecular weight excluding hydrogens is 335 g/mol. The fraction of sp³-hybridized carbons (Fsp3) is 0.400. The number of pyridine rings is 1. The third-order valence-electron chi connectivity index (χ3n) is 3.35. The van der Waals surface area contributed by atoms with Crippen molar-refractivity contribution in [3.63, 3.8) is 0 Å². The summed E-state index contributed by atoms with van der Waals surface area (Å²) in [5.74, 6) is 0.704. The highest BCUT2D eigenvalue weighted by Crippen LogP contribution is 2.41. The molecule has 0 amide bonds. The highest BCUT2D eigenvalue weighted by atomic mass is 127. The maximum atomic E-state index is 4.80. The van der Waals surface area contributed by atoms with Crippen LogP contribution in [0.25, 0.3) is 10.9 Å². The molecule has 3 heteroatoms. The molecule has 1 aliphatic carbocycles. The van der Waals surface area contributed by atoms with E-state index in [1.165, 1.54) is 33.2 Å². The van der Waals surface area contributed by atoms with Gasteiger partial charge in [-0.25, -0.2) is 0 Å². The SMILES string of the molecule is CCCNc1cc(C2CC2)nc2ccc(I)cc12. The van der Waals surface area contributed by atoms with Crippen molar-refractivity contribution in [2.24, 2.45) is 0 Å². The van der Waals surface area contributed by atoms with E-state index in [2.05, 4.69) is 59.1 Å². The largest absolute Gasteiger partial charge is 0.384 e. The summed E-state index contributed by atoms with van der Waals surface area (Å²) < 4.78 is 1.26. The van der Waals surface area contributed by atoms with Gasteiger partial charge in [-0.3, -0.25) is 4.98 Å². The van der Waals surface area contributed by atoms with Crippen LogP contribution < -0.4 is 5.32 Å². The Morgan fingerprint density at radius 1 is 1.33 bits per heavy atom. The number of benzene rings is 1. The molecule has 1 fully saturated rings. The van der Waals surface area contributed by atoms with Gasteiger partial charge in [0.15, 0.2) is 0 Å². The molecular formula is C15H17IN2. The topological polar surface area (TPSA) is 24.9 Å². The van der Waals surface area contributed by atoms with Crippen molar-refractivity contribution in [2.75, 3.05) is 11.9 Å². The third-order valence-corrected chi connectivity index (χ3v) is 4.02. The highest BCUT2D eigenvalue weighted by Gasteiger charge is 2.25. The average molecular weight is 352 g/mol. The summed E-state index contributed by atoms with van der Waals surface area (Å²) in [6.07, 6.45) is 3.75. The van der Waals surface area contributed by atoms with Crippen LogP contribution in [0.15, 0.2) is 24.3 Å². The molecule has 1 heterocycles. The van der Waals surface area contributed by atoms with Gasteiger partial charge in [0.2, 0.25) is 0 Å². The molecule has 2 nitrogen and oxygen atoms in total. The van der Waals surface area contributed by atoms with Crippen LogP contribution in [0.5, 0.6) is 0 Å². The molecule has 0 saturated heterocycles. The quantitative estimate of drug-likeness (QED) is 0.818. The van der Waals surface area contributed by atoms with Crippen molar-refractivity contribution in [3.8, 4) is 0 Å². The number of halogens is 1. The van der Waals surface area contributed by atoms with Crippen molar-refractivity contribution in [1.29, 1.82) is 0 Å². The molecule has 18 heavy (non-hydrogen) atoms. The lowest BCUT2D eigenvalue weighted by Crippen LogP contribution is -2.02. The maximum absolute atomic E-state index is 4.80. The zero-order valence-electron chi connectivity index (χ0n) is 10.5. The van der Waals surface area contributed by atoms with E-state index in [1.54, 1.807) is 0 Å². The summed E-state index contributed by atoms with van der Waals surface area (Å²) >= 11 is 2.36. The summed E-state index contributed by atoms with van der Waals surface area (Å²) in [4.78, 5) is 4.80. The molecule has 0 radical (unpaired) electrons. The lowest BCUT2D eigenvalue weighted by Gasteiger charge is -2.11. The van der Waals surface area contributed by atoms with Gasteiger partial charge in [-0.05, 0) is 66.1 Å². The van der Waals surface area contributed by atoms with Crippen molar-refractivity contribution in [2.45, 2.75) is 32.1 Å².